The fourth-order valence-electron chi connectivity index (χ4n) is 3.60. The van der Waals surface area contributed by atoms with Crippen LogP contribution in [-0.4, -0.2) is 30.6 Å². The van der Waals surface area contributed by atoms with E-state index < -0.39 is 0 Å². The van der Waals surface area contributed by atoms with Crippen molar-refractivity contribution in [1.82, 2.24) is 10.2 Å². The molecule has 2 aliphatic heterocycles. The lowest BCUT2D eigenvalue weighted by Crippen LogP contribution is -2.33. The minimum Gasteiger partial charge on any atom is -0.460 e. The molecule has 2 fully saturated rings. The maximum atomic E-state index is 6.23. The number of halogens is 3. The molecule has 23 heavy (non-hydrogen) atoms. The van der Waals surface area contributed by atoms with E-state index in [-0.39, 0.29) is 24.8 Å². The molecule has 0 aliphatic carbocycles. The zero-order chi connectivity index (χ0) is 14.2. The van der Waals surface area contributed by atoms with E-state index in [9.17, 15) is 0 Å². The predicted octanol–water partition coefficient (Wildman–Crippen LogP) is 4.24. The molecule has 0 bridgehead atoms. The van der Waals surface area contributed by atoms with E-state index in [0.29, 0.717) is 6.04 Å². The van der Waals surface area contributed by atoms with E-state index in [1.54, 1.807) is 0 Å². The van der Waals surface area contributed by atoms with E-state index in [1.165, 1.54) is 19.5 Å². The number of benzene rings is 1. The van der Waals surface area contributed by atoms with Gasteiger partial charge in [0.1, 0.15) is 11.5 Å². The number of fused-ring (bicyclic) bond motifs is 1. The van der Waals surface area contributed by atoms with Gasteiger partial charge in [0, 0.05) is 18.2 Å². The molecule has 0 radical (unpaired) electrons. The van der Waals surface area contributed by atoms with Crippen LogP contribution in [-0.2, 0) is 6.54 Å². The highest BCUT2D eigenvalue weighted by atomic mass is 35.5. The van der Waals surface area contributed by atoms with Crippen molar-refractivity contribution in [1.29, 1.82) is 0 Å². The number of hydrogen-bond acceptors (Lipinski definition) is 3. The summed E-state index contributed by atoms with van der Waals surface area (Å²) in [4.78, 5) is 2.54. The first-order valence-corrected chi connectivity index (χ1v) is 7.97. The van der Waals surface area contributed by atoms with Gasteiger partial charge in [0.2, 0.25) is 0 Å². The first-order chi connectivity index (χ1) is 10.3. The predicted molar refractivity (Wildman–Crippen MR) is 98.8 cm³/mol. The summed E-state index contributed by atoms with van der Waals surface area (Å²) in [6.07, 6.45) is 1.30. The first-order valence-electron chi connectivity index (χ1n) is 7.59. The van der Waals surface area contributed by atoms with Crippen LogP contribution in [0.4, 0.5) is 0 Å². The largest absolute Gasteiger partial charge is 0.460 e. The second-order valence-corrected chi connectivity index (χ2v) is 6.40. The lowest BCUT2D eigenvalue weighted by Gasteiger charge is -2.21. The van der Waals surface area contributed by atoms with Crippen LogP contribution in [0, 0.1) is 5.92 Å². The molecule has 4 rings (SSSR count). The summed E-state index contributed by atoms with van der Waals surface area (Å²) in [5.41, 5.74) is 0.965. The molecule has 2 saturated heterocycles. The average Bonchev–Trinajstić information content (AvgIpc) is 3.18. The Labute approximate surface area is 154 Å². The maximum absolute atomic E-state index is 6.23. The first kappa shape index (κ1) is 18.6. The number of nitrogens with zero attached hydrogens (tertiary/aromatic N) is 1. The monoisotopic (exact) mass is 374 g/mol. The van der Waals surface area contributed by atoms with E-state index in [2.05, 4.69) is 16.3 Å². The van der Waals surface area contributed by atoms with E-state index in [1.807, 2.05) is 30.3 Å². The molecule has 1 aromatic heterocycles. The Balaban J connectivity index is 0.000000960. The molecule has 2 aliphatic rings. The zero-order valence-corrected chi connectivity index (χ0v) is 15.1. The number of nitrogens with one attached hydrogen (secondary N) is 1. The van der Waals surface area contributed by atoms with Gasteiger partial charge in [-0.25, -0.2) is 0 Å². The minimum absolute atomic E-state index is 0. The van der Waals surface area contributed by atoms with Crippen LogP contribution in [0.3, 0.4) is 0 Å². The molecular formula is C17H21Cl3N2O. The maximum Gasteiger partial charge on any atom is 0.135 e. The normalized spacial score (nSPS) is 23.2. The van der Waals surface area contributed by atoms with Gasteiger partial charge in [-0.05, 0) is 49.7 Å². The summed E-state index contributed by atoms with van der Waals surface area (Å²) in [6.45, 7) is 4.36. The van der Waals surface area contributed by atoms with Crippen LogP contribution in [0.25, 0.3) is 11.3 Å². The SMILES string of the molecule is Cl.Cl.Clc1ccccc1-c1ccc(CN2CC[C@H]3CNC[C@H]32)o1. The second kappa shape index (κ2) is 7.91. The van der Waals surface area contributed by atoms with Crippen molar-refractivity contribution in [3.8, 4) is 11.3 Å². The Hall–Kier alpha value is -0.710. The average molecular weight is 376 g/mol. The summed E-state index contributed by atoms with van der Waals surface area (Å²) < 4.78 is 6.01. The number of furan rings is 1. The van der Waals surface area contributed by atoms with E-state index in [0.717, 1.165) is 41.1 Å². The molecule has 0 unspecified atom stereocenters. The van der Waals surface area contributed by atoms with Gasteiger partial charge < -0.3 is 9.73 Å². The van der Waals surface area contributed by atoms with Gasteiger partial charge in [-0.1, -0.05) is 23.7 Å². The summed E-state index contributed by atoms with van der Waals surface area (Å²) >= 11 is 6.23. The summed E-state index contributed by atoms with van der Waals surface area (Å²) in [5, 5.41) is 4.22. The third kappa shape index (κ3) is 3.70. The fraction of sp³-hybridized carbons (Fsp3) is 0.412. The standard InChI is InChI=1S/C17H19ClN2O.2ClH/c18-15-4-2-1-3-14(15)17-6-5-13(21-17)11-20-8-7-12-9-19-10-16(12)20;;/h1-6,12,16,19H,7-11H2;2*1H/t12-,16+;;/m0../s1. The van der Waals surface area contributed by atoms with Crippen molar-refractivity contribution in [2.45, 2.75) is 19.0 Å². The lowest BCUT2D eigenvalue weighted by molar-refractivity contribution is 0.225. The van der Waals surface area contributed by atoms with E-state index in [4.69, 9.17) is 16.0 Å². The third-order valence-electron chi connectivity index (χ3n) is 4.72. The van der Waals surface area contributed by atoms with Crippen LogP contribution < -0.4 is 5.32 Å². The van der Waals surface area contributed by atoms with Crippen LogP contribution in [0.1, 0.15) is 12.2 Å². The molecule has 2 aromatic rings. The van der Waals surface area contributed by atoms with Gasteiger partial charge >= 0.3 is 0 Å². The zero-order valence-electron chi connectivity index (χ0n) is 12.7. The third-order valence-corrected chi connectivity index (χ3v) is 5.05. The Bertz CT molecular complexity index is 646. The number of likely N-dealkylation sites (tertiary alicyclic amines) is 1. The number of rotatable bonds is 3. The molecule has 126 valence electrons. The minimum atomic E-state index is 0. The Morgan fingerprint density at radius 2 is 1.96 bits per heavy atom. The number of hydrogen-bond donors (Lipinski definition) is 1. The van der Waals surface area contributed by atoms with Crippen LogP contribution in [0.15, 0.2) is 40.8 Å². The molecule has 1 N–H and O–H groups in total. The topological polar surface area (TPSA) is 28.4 Å². The molecule has 0 saturated carbocycles. The molecule has 0 amide bonds. The van der Waals surface area contributed by atoms with E-state index >= 15 is 0 Å². The van der Waals surface area contributed by atoms with Crippen LogP contribution in [0.2, 0.25) is 5.02 Å². The summed E-state index contributed by atoms with van der Waals surface area (Å²) in [6, 6.07) is 12.6. The molecule has 3 nitrogen and oxygen atoms in total. The summed E-state index contributed by atoms with van der Waals surface area (Å²) in [5.74, 6) is 2.70. The van der Waals surface area contributed by atoms with Crippen molar-refractivity contribution in [3.63, 3.8) is 0 Å². The Kier molecular flexibility index (Phi) is 6.40. The van der Waals surface area contributed by atoms with Gasteiger partial charge in [-0.2, -0.15) is 0 Å². The van der Waals surface area contributed by atoms with Gasteiger partial charge in [0.25, 0.3) is 0 Å². The van der Waals surface area contributed by atoms with Crippen molar-refractivity contribution in [2.75, 3.05) is 19.6 Å². The quantitative estimate of drug-likeness (QED) is 0.870. The van der Waals surface area contributed by atoms with Crippen molar-refractivity contribution < 1.29 is 4.42 Å². The van der Waals surface area contributed by atoms with Crippen molar-refractivity contribution >= 4 is 36.4 Å². The van der Waals surface area contributed by atoms with Crippen molar-refractivity contribution in [3.05, 3.63) is 47.2 Å². The molecule has 3 heterocycles. The van der Waals surface area contributed by atoms with Gasteiger partial charge in [-0.3, -0.25) is 4.90 Å². The summed E-state index contributed by atoms with van der Waals surface area (Å²) in [7, 11) is 0. The second-order valence-electron chi connectivity index (χ2n) is 5.99. The highest BCUT2D eigenvalue weighted by Crippen LogP contribution is 2.32. The van der Waals surface area contributed by atoms with Crippen LogP contribution in [0.5, 0.6) is 0 Å². The highest BCUT2D eigenvalue weighted by Gasteiger charge is 2.37. The van der Waals surface area contributed by atoms with Gasteiger partial charge in [0.05, 0.1) is 11.6 Å². The molecule has 2 atom stereocenters. The molecule has 0 spiro atoms. The Morgan fingerprint density at radius 3 is 2.78 bits per heavy atom. The molecular weight excluding hydrogens is 355 g/mol. The molecule has 6 heteroatoms. The van der Waals surface area contributed by atoms with Gasteiger partial charge in [0.15, 0.2) is 0 Å². The van der Waals surface area contributed by atoms with Gasteiger partial charge in [-0.15, -0.1) is 24.8 Å². The smallest absolute Gasteiger partial charge is 0.135 e. The van der Waals surface area contributed by atoms with Crippen molar-refractivity contribution in [2.24, 2.45) is 5.92 Å². The lowest BCUT2D eigenvalue weighted by atomic mass is 10.1. The Morgan fingerprint density at radius 1 is 1.13 bits per heavy atom. The van der Waals surface area contributed by atoms with Crippen LogP contribution >= 0.6 is 36.4 Å². The molecule has 1 aromatic carbocycles. The fourth-order valence-corrected chi connectivity index (χ4v) is 3.83. The highest BCUT2D eigenvalue weighted by molar-refractivity contribution is 6.33.